The van der Waals surface area contributed by atoms with Crippen molar-refractivity contribution in [3.05, 3.63) is 143 Å². The Balaban J connectivity index is 1.13. The van der Waals surface area contributed by atoms with Crippen LogP contribution in [0.2, 0.25) is 0 Å². The molecule has 1 aliphatic heterocycles. The van der Waals surface area contributed by atoms with Crippen molar-refractivity contribution in [3.8, 4) is 0 Å². The zero-order valence-electron chi connectivity index (χ0n) is 24.2. The van der Waals surface area contributed by atoms with Crippen LogP contribution in [0.25, 0.3) is 0 Å². The van der Waals surface area contributed by atoms with E-state index >= 15 is 0 Å². The van der Waals surface area contributed by atoms with E-state index in [0.29, 0.717) is 22.4 Å². The average Bonchev–Trinajstić information content (AvgIpc) is 3.68. The maximum absolute atomic E-state index is 13.9. The van der Waals surface area contributed by atoms with Crippen LogP contribution in [0.15, 0.2) is 130 Å². The van der Waals surface area contributed by atoms with E-state index in [1.807, 2.05) is 48.7 Å². The SMILES string of the molecule is CC(C(=O)Nc1ccc(C(=O)CN2C(=O)NC(c3ccccc3)(c3ccccc3)C2=O)cc1)c1cccc(Sc2nccs2)c1. The number of hydrogen-bond acceptors (Lipinski definition) is 7. The molecule has 0 aliphatic carbocycles. The fourth-order valence-electron chi connectivity index (χ4n) is 5.24. The number of nitrogens with zero attached hydrogens (tertiary/aromatic N) is 2. The minimum absolute atomic E-state index is 0.192. The van der Waals surface area contributed by atoms with Crippen LogP contribution in [-0.4, -0.2) is 40.1 Å². The van der Waals surface area contributed by atoms with Crippen molar-refractivity contribution in [2.45, 2.75) is 27.6 Å². The predicted molar refractivity (Wildman–Crippen MR) is 174 cm³/mol. The van der Waals surface area contributed by atoms with Gasteiger partial charge in [0.25, 0.3) is 5.91 Å². The Morgan fingerprint density at radius 1 is 0.911 bits per heavy atom. The highest BCUT2D eigenvalue weighted by molar-refractivity contribution is 8.01. The molecule has 224 valence electrons. The summed E-state index contributed by atoms with van der Waals surface area (Å²) in [6.45, 7) is 1.41. The topological polar surface area (TPSA) is 108 Å². The fourth-order valence-corrected chi connectivity index (χ4v) is 6.90. The summed E-state index contributed by atoms with van der Waals surface area (Å²) >= 11 is 3.11. The summed E-state index contributed by atoms with van der Waals surface area (Å²) in [7, 11) is 0. The minimum Gasteiger partial charge on any atom is -0.326 e. The number of carbonyl (C=O) groups is 4. The van der Waals surface area contributed by atoms with Crippen LogP contribution in [-0.2, 0) is 15.1 Å². The number of nitrogens with one attached hydrogen (secondary N) is 2. The third-order valence-electron chi connectivity index (χ3n) is 7.66. The van der Waals surface area contributed by atoms with Crippen molar-refractivity contribution in [3.63, 3.8) is 0 Å². The first-order valence-electron chi connectivity index (χ1n) is 14.2. The monoisotopic (exact) mass is 632 g/mol. The quantitative estimate of drug-likeness (QED) is 0.131. The lowest BCUT2D eigenvalue weighted by Gasteiger charge is -2.28. The molecule has 1 aromatic heterocycles. The lowest BCUT2D eigenvalue weighted by molar-refractivity contribution is -0.130. The van der Waals surface area contributed by atoms with Gasteiger partial charge >= 0.3 is 6.03 Å². The number of anilines is 1. The van der Waals surface area contributed by atoms with Crippen LogP contribution in [0, 0.1) is 0 Å². The van der Waals surface area contributed by atoms with E-state index in [0.717, 1.165) is 19.7 Å². The van der Waals surface area contributed by atoms with Gasteiger partial charge in [0, 0.05) is 27.7 Å². The van der Waals surface area contributed by atoms with Gasteiger partial charge in [0.1, 0.15) is 0 Å². The first-order valence-corrected chi connectivity index (χ1v) is 15.9. The molecule has 1 aliphatic rings. The molecule has 4 aromatic carbocycles. The molecular formula is C35H28N4O4S2. The van der Waals surface area contributed by atoms with Gasteiger partial charge in [0.05, 0.1) is 12.5 Å². The number of thiazole rings is 1. The summed E-state index contributed by atoms with van der Waals surface area (Å²) in [4.78, 5) is 59.7. The Bertz CT molecular complexity index is 1810. The van der Waals surface area contributed by atoms with Gasteiger partial charge in [0.2, 0.25) is 5.91 Å². The Morgan fingerprint density at radius 3 is 2.20 bits per heavy atom. The molecule has 10 heteroatoms. The van der Waals surface area contributed by atoms with Crippen LogP contribution in [0.5, 0.6) is 0 Å². The van der Waals surface area contributed by atoms with E-state index in [1.54, 1.807) is 102 Å². The third kappa shape index (κ3) is 6.15. The summed E-state index contributed by atoms with van der Waals surface area (Å²) in [5.74, 6) is -1.54. The number of rotatable bonds is 10. The second-order valence-electron chi connectivity index (χ2n) is 10.5. The molecule has 2 heterocycles. The maximum atomic E-state index is 13.9. The number of urea groups is 1. The number of Topliss-reactive ketones (excluding diaryl/α,β-unsaturated/α-hetero) is 1. The minimum atomic E-state index is -1.44. The molecule has 1 atom stereocenters. The van der Waals surface area contributed by atoms with E-state index in [2.05, 4.69) is 15.6 Å². The summed E-state index contributed by atoms with van der Waals surface area (Å²) in [5, 5.41) is 7.69. The highest BCUT2D eigenvalue weighted by Gasteiger charge is 2.54. The largest absolute Gasteiger partial charge is 0.326 e. The first-order chi connectivity index (χ1) is 21.8. The van der Waals surface area contributed by atoms with E-state index in [9.17, 15) is 19.2 Å². The van der Waals surface area contributed by atoms with Gasteiger partial charge in [-0.3, -0.25) is 19.3 Å². The normalized spacial score (nSPS) is 14.6. The Labute approximate surface area is 268 Å². The van der Waals surface area contributed by atoms with Crippen molar-refractivity contribution in [2.24, 2.45) is 0 Å². The molecule has 1 fully saturated rings. The molecule has 2 N–H and O–H groups in total. The summed E-state index contributed by atoms with van der Waals surface area (Å²) in [6, 6.07) is 31.6. The maximum Gasteiger partial charge on any atom is 0.325 e. The van der Waals surface area contributed by atoms with Gasteiger partial charge in [0.15, 0.2) is 15.7 Å². The van der Waals surface area contributed by atoms with Crippen molar-refractivity contribution >= 4 is 52.4 Å². The van der Waals surface area contributed by atoms with Crippen LogP contribution >= 0.6 is 23.1 Å². The van der Waals surface area contributed by atoms with Crippen molar-refractivity contribution in [2.75, 3.05) is 11.9 Å². The standard InChI is InChI=1S/C35H28N4O4S2/c1-23(25-9-8-14-29(21-25)45-34-36-19-20-44-34)31(41)37-28-17-15-24(16-18-28)30(40)22-39-32(42)35(38-33(39)43,26-10-4-2-5-11-26)27-12-6-3-7-13-27/h2-21,23H,22H2,1H3,(H,37,41)(H,38,43). The van der Waals surface area contributed by atoms with Gasteiger partial charge in [-0.1, -0.05) is 84.6 Å². The third-order valence-corrected chi connectivity index (χ3v) is 9.53. The molecule has 1 unspecified atom stereocenters. The molecule has 6 rings (SSSR count). The molecule has 5 aromatic rings. The molecule has 0 saturated carbocycles. The lowest BCUT2D eigenvalue weighted by atomic mass is 9.82. The van der Waals surface area contributed by atoms with E-state index in [4.69, 9.17) is 0 Å². The fraction of sp³-hybridized carbons (Fsp3) is 0.114. The summed E-state index contributed by atoms with van der Waals surface area (Å²) in [6.07, 6.45) is 1.76. The Kier molecular flexibility index (Phi) is 8.59. The van der Waals surface area contributed by atoms with E-state index < -0.39 is 35.7 Å². The second-order valence-corrected chi connectivity index (χ2v) is 12.7. The number of imide groups is 1. The van der Waals surface area contributed by atoms with Crippen LogP contribution in [0.4, 0.5) is 10.5 Å². The first kappa shape index (κ1) is 30.0. The number of benzene rings is 4. The molecule has 0 bridgehead atoms. The lowest BCUT2D eigenvalue weighted by Crippen LogP contribution is -2.45. The van der Waals surface area contributed by atoms with Crippen LogP contribution < -0.4 is 10.6 Å². The molecule has 4 amide bonds. The smallest absolute Gasteiger partial charge is 0.325 e. The number of amides is 4. The average molecular weight is 633 g/mol. The van der Waals surface area contributed by atoms with Gasteiger partial charge < -0.3 is 10.6 Å². The van der Waals surface area contributed by atoms with Gasteiger partial charge in [-0.25, -0.2) is 9.78 Å². The van der Waals surface area contributed by atoms with Crippen LogP contribution in [0.1, 0.15) is 39.9 Å². The number of hydrogen-bond donors (Lipinski definition) is 2. The van der Waals surface area contributed by atoms with Gasteiger partial charge in [-0.2, -0.15) is 0 Å². The highest BCUT2D eigenvalue weighted by atomic mass is 32.2. The Hall–Kier alpha value is -5.06. The molecular weight excluding hydrogens is 605 g/mol. The van der Waals surface area contributed by atoms with Crippen LogP contribution in [0.3, 0.4) is 0 Å². The summed E-state index contributed by atoms with van der Waals surface area (Å²) in [5.41, 5.74) is 1.47. The van der Waals surface area contributed by atoms with Gasteiger partial charge in [-0.05, 0) is 60.0 Å². The zero-order valence-corrected chi connectivity index (χ0v) is 25.8. The summed E-state index contributed by atoms with van der Waals surface area (Å²) < 4.78 is 0.931. The van der Waals surface area contributed by atoms with Crippen molar-refractivity contribution < 1.29 is 19.2 Å². The zero-order chi connectivity index (χ0) is 31.4. The number of aromatic nitrogens is 1. The second kappa shape index (κ2) is 12.9. The molecule has 0 spiro atoms. The molecule has 8 nitrogen and oxygen atoms in total. The number of ketones is 1. The number of carbonyl (C=O) groups excluding carboxylic acids is 4. The highest BCUT2D eigenvalue weighted by Crippen LogP contribution is 2.36. The molecule has 0 radical (unpaired) electrons. The molecule has 1 saturated heterocycles. The van der Waals surface area contributed by atoms with E-state index in [-0.39, 0.29) is 5.91 Å². The predicted octanol–water partition coefficient (Wildman–Crippen LogP) is 6.71. The molecule has 45 heavy (non-hydrogen) atoms. The van der Waals surface area contributed by atoms with Crippen molar-refractivity contribution in [1.29, 1.82) is 0 Å². The van der Waals surface area contributed by atoms with Gasteiger partial charge in [-0.15, -0.1) is 11.3 Å². The van der Waals surface area contributed by atoms with Crippen molar-refractivity contribution in [1.82, 2.24) is 15.2 Å². The van der Waals surface area contributed by atoms with E-state index in [1.165, 1.54) is 0 Å². The Morgan fingerprint density at radius 2 is 1.58 bits per heavy atom.